The largest absolute Gasteiger partial charge is 0.508 e. The van der Waals surface area contributed by atoms with Gasteiger partial charge in [-0.15, -0.1) is 0 Å². The molecule has 0 heterocycles. The van der Waals surface area contributed by atoms with Gasteiger partial charge >= 0.3 is 0 Å². The Bertz CT molecular complexity index is 684. The number of benzene rings is 2. The summed E-state index contributed by atoms with van der Waals surface area (Å²) < 4.78 is 15.6. The van der Waals surface area contributed by atoms with E-state index < -0.39 is 0 Å². The van der Waals surface area contributed by atoms with Crippen molar-refractivity contribution < 1.29 is 24.1 Å². The lowest BCUT2D eigenvalue weighted by Crippen LogP contribution is -2.13. The van der Waals surface area contributed by atoms with E-state index in [1.54, 1.807) is 18.2 Å². The molecule has 1 amide bonds. The lowest BCUT2D eigenvalue weighted by molar-refractivity contribution is 0.102. The van der Waals surface area contributed by atoms with E-state index in [9.17, 15) is 9.90 Å². The van der Waals surface area contributed by atoms with Crippen molar-refractivity contribution in [2.75, 3.05) is 26.6 Å². The standard InChI is InChI=1S/C16H17NO5/c1-20-13-9-15(22-3)14(21-2)8-12(13)16(19)17-10-5-4-6-11(18)7-10/h4-9,18H,1-3H3,(H,17,19). The predicted molar refractivity (Wildman–Crippen MR) is 82.2 cm³/mol. The summed E-state index contributed by atoms with van der Waals surface area (Å²) in [7, 11) is 4.46. The summed E-state index contributed by atoms with van der Waals surface area (Å²) in [6, 6.07) is 9.39. The number of phenols is 1. The number of nitrogens with one attached hydrogen (secondary N) is 1. The summed E-state index contributed by atoms with van der Waals surface area (Å²) in [5, 5.41) is 12.1. The first-order chi connectivity index (χ1) is 10.6. The Morgan fingerprint density at radius 3 is 2.18 bits per heavy atom. The predicted octanol–water partition coefficient (Wildman–Crippen LogP) is 2.67. The third-order valence-electron chi connectivity index (χ3n) is 3.05. The number of aromatic hydroxyl groups is 1. The number of hydrogen-bond acceptors (Lipinski definition) is 5. The van der Waals surface area contributed by atoms with Crippen LogP contribution in [0.15, 0.2) is 36.4 Å². The van der Waals surface area contributed by atoms with Crippen molar-refractivity contribution in [2.45, 2.75) is 0 Å². The normalized spacial score (nSPS) is 9.95. The number of rotatable bonds is 5. The van der Waals surface area contributed by atoms with Gasteiger partial charge in [0.25, 0.3) is 5.91 Å². The molecule has 0 unspecified atom stereocenters. The molecule has 0 atom stereocenters. The van der Waals surface area contributed by atoms with Crippen LogP contribution in [0.4, 0.5) is 5.69 Å². The van der Waals surface area contributed by atoms with E-state index >= 15 is 0 Å². The van der Waals surface area contributed by atoms with Gasteiger partial charge in [-0.3, -0.25) is 4.79 Å². The van der Waals surface area contributed by atoms with Crippen LogP contribution in [0.25, 0.3) is 0 Å². The molecule has 116 valence electrons. The van der Waals surface area contributed by atoms with Gasteiger partial charge in [0.2, 0.25) is 0 Å². The minimum atomic E-state index is -0.386. The Hall–Kier alpha value is -2.89. The highest BCUT2D eigenvalue weighted by Crippen LogP contribution is 2.35. The molecule has 6 heteroatoms. The number of phenolic OH excluding ortho intramolecular Hbond substituents is 1. The van der Waals surface area contributed by atoms with Crippen molar-refractivity contribution in [1.29, 1.82) is 0 Å². The third-order valence-corrected chi connectivity index (χ3v) is 3.05. The summed E-state index contributed by atoms with van der Waals surface area (Å²) in [6.07, 6.45) is 0. The molecule has 6 nitrogen and oxygen atoms in total. The molecule has 0 radical (unpaired) electrons. The highest BCUT2D eigenvalue weighted by atomic mass is 16.5. The Balaban J connectivity index is 2.36. The minimum absolute atomic E-state index is 0.0667. The number of anilines is 1. The van der Waals surface area contributed by atoms with E-state index in [1.807, 2.05) is 0 Å². The maximum Gasteiger partial charge on any atom is 0.259 e. The number of carbonyl (C=O) groups excluding carboxylic acids is 1. The van der Waals surface area contributed by atoms with Crippen LogP contribution < -0.4 is 19.5 Å². The molecule has 0 aromatic heterocycles. The SMILES string of the molecule is COc1cc(OC)c(C(=O)Nc2cccc(O)c2)cc1OC. The van der Waals surface area contributed by atoms with Gasteiger partial charge in [-0.05, 0) is 12.1 Å². The van der Waals surface area contributed by atoms with Crippen molar-refractivity contribution >= 4 is 11.6 Å². The van der Waals surface area contributed by atoms with Crippen LogP contribution in [-0.4, -0.2) is 32.3 Å². The van der Waals surface area contributed by atoms with Crippen molar-refractivity contribution in [3.05, 3.63) is 42.0 Å². The zero-order valence-corrected chi connectivity index (χ0v) is 12.5. The third kappa shape index (κ3) is 3.22. The monoisotopic (exact) mass is 303 g/mol. The first-order valence-electron chi connectivity index (χ1n) is 6.49. The van der Waals surface area contributed by atoms with Crippen LogP contribution in [0.2, 0.25) is 0 Å². The van der Waals surface area contributed by atoms with Crippen molar-refractivity contribution in [2.24, 2.45) is 0 Å². The van der Waals surface area contributed by atoms with Gasteiger partial charge in [0.1, 0.15) is 11.5 Å². The average molecular weight is 303 g/mol. The molecule has 22 heavy (non-hydrogen) atoms. The molecular weight excluding hydrogens is 286 g/mol. The van der Waals surface area contributed by atoms with E-state index in [-0.39, 0.29) is 11.7 Å². The molecule has 2 aromatic rings. The molecule has 0 aliphatic rings. The Morgan fingerprint density at radius 1 is 0.955 bits per heavy atom. The summed E-state index contributed by atoms with van der Waals surface area (Å²) in [5.74, 6) is 0.924. The second kappa shape index (κ2) is 6.71. The van der Waals surface area contributed by atoms with Gasteiger partial charge in [-0.1, -0.05) is 6.07 Å². The first kappa shape index (κ1) is 15.5. The van der Waals surface area contributed by atoms with Gasteiger partial charge < -0.3 is 24.6 Å². The van der Waals surface area contributed by atoms with Crippen molar-refractivity contribution in [3.8, 4) is 23.0 Å². The molecule has 2 aromatic carbocycles. The molecule has 0 spiro atoms. The maximum absolute atomic E-state index is 12.4. The second-order valence-corrected chi connectivity index (χ2v) is 4.41. The zero-order valence-electron chi connectivity index (χ0n) is 12.5. The minimum Gasteiger partial charge on any atom is -0.508 e. The quantitative estimate of drug-likeness (QED) is 0.888. The fourth-order valence-corrected chi connectivity index (χ4v) is 1.99. The summed E-state index contributed by atoms with van der Waals surface area (Å²) in [6.45, 7) is 0. The van der Waals surface area contributed by atoms with Crippen molar-refractivity contribution in [1.82, 2.24) is 0 Å². The number of ether oxygens (including phenoxy) is 3. The molecule has 0 bridgehead atoms. The lowest BCUT2D eigenvalue weighted by Gasteiger charge is -2.14. The first-order valence-corrected chi connectivity index (χ1v) is 6.49. The fourth-order valence-electron chi connectivity index (χ4n) is 1.99. The van der Waals surface area contributed by atoms with Crippen LogP contribution in [0, 0.1) is 0 Å². The molecule has 0 saturated heterocycles. The number of amides is 1. The zero-order chi connectivity index (χ0) is 16.1. The van der Waals surface area contributed by atoms with E-state index in [0.29, 0.717) is 28.5 Å². The van der Waals surface area contributed by atoms with Gasteiger partial charge in [-0.2, -0.15) is 0 Å². The molecule has 2 N–H and O–H groups in total. The summed E-state index contributed by atoms with van der Waals surface area (Å²) in [4.78, 5) is 12.4. The Morgan fingerprint density at radius 2 is 1.59 bits per heavy atom. The molecule has 0 saturated carbocycles. The maximum atomic E-state index is 12.4. The fraction of sp³-hybridized carbons (Fsp3) is 0.188. The topological polar surface area (TPSA) is 77.0 Å². The van der Waals surface area contributed by atoms with E-state index in [0.717, 1.165) is 0 Å². The molecule has 0 aliphatic carbocycles. The van der Waals surface area contributed by atoms with Crippen molar-refractivity contribution in [3.63, 3.8) is 0 Å². The summed E-state index contributed by atoms with van der Waals surface area (Å²) in [5.41, 5.74) is 0.769. The van der Waals surface area contributed by atoms with Gasteiger partial charge in [0.05, 0.1) is 26.9 Å². The highest BCUT2D eigenvalue weighted by molar-refractivity contribution is 6.06. The van der Waals surface area contributed by atoms with Crippen LogP contribution in [0.1, 0.15) is 10.4 Å². The molecule has 2 rings (SSSR count). The molecular formula is C16H17NO5. The second-order valence-electron chi connectivity index (χ2n) is 4.41. The summed E-state index contributed by atoms with van der Waals surface area (Å²) >= 11 is 0. The van der Waals surface area contributed by atoms with E-state index in [1.165, 1.54) is 39.5 Å². The van der Waals surface area contributed by atoms with Gasteiger partial charge in [-0.25, -0.2) is 0 Å². The van der Waals surface area contributed by atoms with E-state index in [4.69, 9.17) is 14.2 Å². The lowest BCUT2D eigenvalue weighted by atomic mass is 10.1. The van der Waals surface area contributed by atoms with E-state index in [2.05, 4.69) is 5.32 Å². The van der Waals surface area contributed by atoms with Crippen LogP contribution in [0.5, 0.6) is 23.0 Å². The Labute approximate surface area is 128 Å². The van der Waals surface area contributed by atoms with Gasteiger partial charge in [0.15, 0.2) is 11.5 Å². The van der Waals surface area contributed by atoms with Gasteiger partial charge in [0, 0.05) is 23.9 Å². The molecule has 0 aliphatic heterocycles. The number of carbonyl (C=O) groups is 1. The Kier molecular flexibility index (Phi) is 4.73. The average Bonchev–Trinajstić information content (AvgIpc) is 2.53. The molecule has 0 fully saturated rings. The number of hydrogen-bond donors (Lipinski definition) is 2. The smallest absolute Gasteiger partial charge is 0.259 e. The highest BCUT2D eigenvalue weighted by Gasteiger charge is 2.18. The van der Waals surface area contributed by atoms with Crippen LogP contribution in [0.3, 0.4) is 0 Å². The number of methoxy groups -OCH3 is 3. The van der Waals surface area contributed by atoms with Crippen LogP contribution in [-0.2, 0) is 0 Å². The van der Waals surface area contributed by atoms with Crippen LogP contribution >= 0.6 is 0 Å².